The van der Waals surface area contributed by atoms with Gasteiger partial charge in [-0.05, 0) is 37.0 Å². The normalized spacial score (nSPS) is 30.9. The minimum atomic E-state index is -0.399. The highest BCUT2D eigenvalue weighted by Gasteiger charge is 2.46. The van der Waals surface area contributed by atoms with Gasteiger partial charge < -0.3 is 16.2 Å². The fraction of sp³-hybridized carbons (Fsp3) is 0.562. The van der Waals surface area contributed by atoms with Gasteiger partial charge in [-0.25, -0.2) is 0 Å². The minimum absolute atomic E-state index is 0.296. The summed E-state index contributed by atoms with van der Waals surface area (Å²) in [6.07, 6.45) is 0.635. The zero-order chi connectivity index (χ0) is 15.0. The first kappa shape index (κ1) is 14.5. The summed E-state index contributed by atoms with van der Waals surface area (Å²) >= 11 is 0. The van der Waals surface area contributed by atoms with Gasteiger partial charge >= 0.3 is 0 Å². The number of aliphatic hydroxyl groups excluding tert-OH is 1. The Bertz CT molecular complexity index is 517. The second-order valence-electron chi connectivity index (χ2n) is 6.20. The van der Waals surface area contributed by atoms with Crippen molar-refractivity contribution >= 4 is 5.91 Å². The van der Waals surface area contributed by atoms with Crippen molar-refractivity contribution < 1.29 is 9.90 Å². The van der Waals surface area contributed by atoms with Gasteiger partial charge in [-0.1, -0.05) is 12.1 Å². The van der Waals surface area contributed by atoms with Gasteiger partial charge in [0.1, 0.15) is 6.23 Å². The predicted octanol–water partition coefficient (Wildman–Crippen LogP) is 0.501. The van der Waals surface area contributed by atoms with E-state index in [0.29, 0.717) is 23.4 Å². The number of hydrogen-bond donors (Lipinski definition) is 3. The molecule has 1 saturated carbocycles. The molecule has 1 amide bonds. The average molecular weight is 289 g/mol. The minimum Gasteiger partial charge on any atom is -0.378 e. The van der Waals surface area contributed by atoms with Crippen molar-refractivity contribution in [3.05, 3.63) is 35.4 Å². The second-order valence-corrected chi connectivity index (χ2v) is 6.20. The Balaban J connectivity index is 1.63. The van der Waals surface area contributed by atoms with Crippen molar-refractivity contribution in [1.82, 2.24) is 10.2 Å². The fourth-order valence-electron chi connectivity index (χ4n) is 3.32. The lowest BCUT2D eigenvalue weighted by Gasteiger charge is -2.37. The van der Waals surface area contributed by atoms with Gasteiger partial charge in [0.05, 0.1) is 0 Å². The quantitative estimate of drug-likeness (QED) is 0.754. The van der Waals surface area contributed by atoms with Gasteiger partial charge in [-0.3, -0.25) is 9.69 Å². The van der Waals surface area contributed by atoms with E-state index in [1.807, 2.05) is 12.1 Å². The Labute approximate surface area is 125 Å². The molecule has 3 rings (SSSR count). The Hall–Kier alpha value is -1.43. The number of nitrogens with zero attached hydrogens (tertiary/aromatic N) is 1. The molecule has 0 spiro atoms. The van der Waals surface area contributed by atoms with Crippen LogP contribution in [0.5, 0.6) is 0 Å². The zero-order valence-electron chi connectivity index (χ0n) is 12.3. The molecule has 1 aromatic rings. The van der Waals surface area contributed by atoms with Crippen molar-refractivity contribution in [2.24, 2.45) is 11.7 Å². The summed E-state index contributed by atoms with van der Waals surface area (Å²) in [7, 11) is 0. The smallest absolute Gasteiger partial charge is 0.248 e. The summed E-state index contributed by atoms with van der Waals surface area (Å²) < 4.78 is 0. The molecular weight excluding hydrogens is 266 g/mol. The highest BCUT2D eigenvalue weighted by Crippen LogP contribution is 2.50. The van der Waals surface area contributed by atoms with Gasteiger partial charge in [0.15, 0.2) is 0 Å². The first-order valence-electron chi connectivity index (χ1n) is 7.62. The third-order valence-electron chi connectivity index (χ3n) is 4.74. The molecule has 2 fully saturated rings. The van der Waals surface area contributed by atoms with Crippen LogP contribution < -0.4 is 11.1 Å². The number of aliphatic hydroxyl groups is 1. The molecule has 1 heterocycles. The molecule has 1 aromatic carbocycles. The van der Waals surface area contributed by atoms with E-state index in [-0.39, 0.29) is 6.23 Å². The molecule has 1 saturated heterocycles. The summed E-state index contributed by atoms with van der Waals surface area (Å²) in [5, 5.41) is 13.9. The number of carbonyl (C=O) groups excluding carboxylic acids is 1. The molecular formula is C16H23N3O2. The van der Waals surface area contributed by atoms with Gasteiger partial charge in [0.25, 0.3) is 0 Å². The van der Waals surface area contributed by atoms with Gasteiger partial charge in [0.2, 0.25) is 5.91 Å². The van der Waals surface area contributed by atoms with Crippen LogP contribution in [-0.2, 0) is 0 Å². The number of nitrogens with one attached hydrogen (secondary N) is 1. The maximum atomic E-state index is 11.1. The summed E-state index contributed by atoms with van der Waals surface area (Å²) in [6.45, 7) is 4.91. The monoisotopic (exact) mass is 289 g/mol. The fourth-order valence-corrected chi connectivity index (χ4v) is 3.32. The molecule has 114 valence electrons. The summed E-state index contributed by atoms with van der Waals surface area (Å²) in [6, 6.07) is 7.82. The third kappa shape index (κ3) is 2.95. The van der Waals surface area contributed by atoms with Crippen LogP contribution in [0.15, 0.2) is 24.3 Å². The van der Waals surface area contributed by atoms with E-state index in [0.717, 1.165) is 26.1 Å². The lowest BCUT2D eigenvalue weighted by Crippen LogP contribution is -2.54. The Morgan fingerprint density at radius 3 is 2.76 bits per heavy atom. The van der Waals surface area contributed by atoms with Crippen molar-refractivity contribution in [3.8, 4) is 0 Å². The molecule has 1 aliphatic heterocycles. The number of rotatable bonds is 4. The van der Waals surface area contributed by atoms with Crippen molar-refractivity contribution in [2.75, 3.05) is 19.6 Å². The number of benzene rings is 1. The van der Waals surface area contributed by atoms with E-state index in [2.05, 4.69) is 17.1 Å². The Morgan fingerprint density at radius 1 is 1.43 bits per heavy atom. The van der Waals surface area contributed by atoms with Crippen molar-refractivity contribution in [1.29, 1.82) is 0 Å². The number of nitrogens with two attached hydrogens (primary N) is 1. The lowest BCUT2D eigenvalue weighted by molar-refractivity contribution is -0.0454. The van der Waals surface area contributed by atoms with Gasteiger partial charge in [-0.2, -0.15) is 0 Å². The standard InChI is InChI=1S/C16H23N3O2/c1-10-9-18-6-7-19(10)16(21)14-8-13(14)11-2-4-12(5-3-11)15(17)20/h2-5,10,13-14,16,18,21H,6-9H2,1H3,(H2,17,20)/t10-,13-,14+,16?/m1/s1. The maximum Gasteiger partial charge on any atom is 0.248 e. The summed E-state index contributed by atoms with van der Waals surface area (Å²) in [5.41, 5.74) is 6.97. The van der Waals surface area contributed by atoms with E-state index < -0.39 is 5.91 Å². The van der Waals surface area contributed by atoms with Crippen LogP contribution in [0.25, 0.3) is 0 Å². The molecule has 5 heteroatoms. The molecule has 21 heavy (non-hydrogen) atoms. The van der Waals surface area contributed by atoms with Crippen LogP contribution in [0, 0.1) is 5.92 Å². The van der Waals surface area contributed by atoms with Crippen LogP contribution in [-0.4, -0.2) is 47.8 Å². The Kier molecular flexibility index (Phi) is 3.97. The molecule has 0 radical (unpaired) electrons. The number of piperazine rings is 1. The molecule has 5 nitrogen and oxygen atoms in total. The van der Waals surface area contributed by atoms with Crippen LogP contribution in [0.2, 0.25) is 0 Å². The van der Waals surface area contributed by atoms with Crippen LogP contribution >= 0.6 is 0 Å². The van der Waals surface area contributed by atoms with Crippen molar-refractivity contribution in [2.45, 2.75) is 31.5 Å². The number of hydrogen-bond acceptors (Lipinski definition) is 4. The van der Waals surface area contributed by atoms with Crippen LogP contribution in [0.1, 0.15) is 35.2 Å². The second kappa shape index (κ2) is 5.75. The zero-order valence-corrected chi connectivity index (χ0v) is 12.3. The number of primary amides is 1. The third-order valence-corrected chi connectivity index (χ3v) is 4.74. The number of carbonyl (C=O) groups is 1. The Morgan fingerprint density at radius 2 is 2.14 bits per heavy atom. The highest BCUT2D eigenvalue weighted by atomic mass is 16.3. The van der Waals surface area contributed by atoms with Crippen molar-refractivity contribution in [3.63, 3.8) is 0 Å². The van der Waals surface area contributed by atoms with E-state index >= 15 is 0 Å². The van der Waals surface area contributed by atoms with E-state index in [1.54, 1.807) is 12.1 Å². The summed E-state index contributed by atoms with van der Waals surface area (Å²) in [5.74, 6) is 0.289. The topological polar surface area (TPSA) is 78.6 Å². The van der Waals surface area contributed by atoms with Gasteiger partial charge in [-0.15, -0.1) is 0 Å². The molecule has 4 atom stereocenters. The highest BCUT2D eigenvalue weighted by molar-refractivity contribution is 5.92. The lowest BCUT2D eigenvalue weighted by atomic mass is 10.0. The largest absolute Gasteiger partial charge is 0.378 e. The van der Waals surface area contributed by atoms with E-state index in [1.165, 1.54) is 5.56 Å². The maximum absolute atomic E-state index is 11.1. The first-order chi connectivity index (χ1) is 10.1. The predicted molar refractivity (Wildman–Crippen MR) is 80.9 cm³/mol. The summed E-state index contributed by atoms with van der Waals surface area (Å²) in [4.78, 5) is 13.3. The first-order valence-corrected chi connectivity index (χ1v) is 7.62. The van der Waals surface area contributed by atoms with Crippen LogP contribution in [0.3, 0.4) is 0 Å². The number of amides is 1. The molecule has 0 bridgehead atoms. The van der Waals surface area contributed by atoms with E-state index in [9.17, 15) is 9.90 Å². The van der Waals surface area contributed by atoms with Crippen LogP contribution in [0.4, 0.5) is 0 Å². The van der Waals surface area contributed by atoms with E-state index in [4.69, 9.17) is 5.73 Å². The van der Waals surface area contributed by atoms with Gasteiger partial charge in [0, 0.05) is 37.2 Å². The molecule has 0 aromatic heterocycles. The molecule has 2 aliphatic rings. The SMILES string of the molecule is C[C@@H]1CNCCN1C(O)[C@H]1C[C@@H]1c1ccc(C(N)=O)cc1. The molecule has 1 unspecified atom stereocenters. The average Bonchev–Trinajstić information content (AvgIpc) is 3.27. The molecule has 4 N–H and O–H groups in total. The molecule has 1 aliphatic carbocycles.